The van der Waals surface area contributed by atoms with E-state index in [4.69, 9.17) is 5.73 Å². The molecule has 0 saturated carbocycles. The molecule has 1 aromatic carbocycles. The van der Waals surface area contributed by atoms with E-state index in [0.717, 1.165) is 17.5 Å². The van der Waals surface area contributed by atoms with Crippen LogP contribution >= 0.6 is 0 Å². The fourth-order valence-electron chi connectivity index (χ4n) is 1.55. The molecule has 14 heavy (non-hydrogen) atoms. The standard InChI is InChI=1S/C12H19NO/c1-4-11(13)12(14)10-7-5-6-8(2)9(10)3/h5-7,11-12,14H,4,13H2,1-3H3/t11-,12+/m1/s1. The summed E-state index contributed by atoms with van der Waals surface area (Å²) in [5.74, 6) is 0. The molecule has 0 spiro atoms. The normalized spacial score (nSPS) is 15.2. The van der Waals surface area contributed by atoms with Gasteiger partial charge in [0.15, 0.2) is 0 Å². The fraction of sp³-hybridized carbons (Fsp3) is 0.500. The molecule has 2 heteroatoms. The summed E-state index contributed by atoms with van der Waals surface area (Å²) in [6, 6.07) is 5.78. The van der Waals surface area contributed by atoms with Crippen LogP contribution in [-0.4, -0.2) is 11.1 Å². The molecule has 0 unspecified atom stereocenters. The van der Waals surface area contributed by atoms with Crippen molar-refractivity contribution in [3.8, 4) is 0 Å². The zero-order valence-electron chi connectivity index (χ0n) is 9.12. The van der Waals surface area contributed by atoms with Gasteiger partial charge in [-0.3, -0.25) is 0 Å². The monoisotopic (exact) mass is 193 g/mol. The average Bonchev–Trinajstić information content (AvgIpc) is 2.20. The Morgan fingerprint density at radius 2 is 2.00 bits per heavy atom. The average molecular weight is 193 g/mol. The van der Waals surface area contributed by atoms with Crippen LogP contribution in [0.3, 0.4) is 0 Å². The van der Waals surface area contributed by atoms with Gasteiger partial charge in [-0.1, -0.05) is 25.1 Å². The summed E-state index contributed by atoms with van der Waals surface area (Å²) in [5, 5.41) is 9.97. The molecule has 78 valence electrons. The topological polar surface area (TPSA) is 46.2 Å². The third kappa shape index (κ3) is 2.14. The minimum atomic E-state index is -0.542. The van der Waals surface area contributed by atoms with Gasteiger partial charge in [0.05, 0.1) is 6.10 Å². The van der Waals surface area contributed by atoms with Crippen LogP contribution in [0.5, 0.6) is 0 Å². The Morgan fingerprint density at radius 3 is 2.57 bits per heavy atom. The van der Waals surface area contributed by atoms with E-state index in [1.54, 1.807) is 0 Å². The van der Waals surface area contributed by atoms with Gasteiger partial charge < -0.3 is 10.8 Å². The van der Waals surface area contributed by atoms with Crippen LogP contribution in [-0.2, 0) is 0 Å². The van der Waals surface area contributed by atoms with E-state index in [1.165, 1.54) is 5.56 Å². The smallest absolute Gasteiger partial charge is 0.0943 e. The van der Waals surface area contributed by atoms with Crippen LogP contribution in [0.15, 0.2) is 18.2 Å². The molecule has 2 atom stereocenters. The molecule has 1 rings (SSSR count). The van der Waals surface area contributed by atoms with Gasteiger partial charge in [-0.25, -0.2) is 0 Å². The molecule has 0 aromatic heterocycles. The predicted octanol–water partition coefficient (Wildman–Crippen LogP) is 2.07. The second kappa shape index (κ2) is 4.58. The summed E-state index contributed by atoms with van der Waals surface area (Å²) in [4.78, 5) is 0. The van der Waals surface area contributed by atoms with Crippen molar-refractivity contribution in [1.29, 1.82) is 0 Å². The molecule has 0 bridgehead atoms. The highest BCUT2D eigenvalue weighted by molar-refractivity contribution is 5.35. The summed E-state index contributed by atoms with van der Waals surface area (Å²) in [6.45, 7) is 6.05. The number of hydrogen-bond donors (Lipinski definition) is 2. The van der Waals surface area contributed by atoms with E-state index >= 15 is 0 Å². The van der Waals surface area contributed by atoms with Gasteiger partial charge in [0.1, 0.15) is 0 Å². The zero-order chi connectivity index (χ0) is 10.7. The van der Waals surface area contributed by atoms with Gasteiger partial charge in [-0.15, -0.1) is 0 Å². The molecule has 3 N–H and O–H groups in total. The highest BCUT2D eigenvalue weighted by atomic mass is 16.3. The van der Waals surface area contributed by atoms with Gasteiger partial charge in [0, 0.05) is 6.04 Å². The van der Waals surface area contributed by atoms with Crippen molar-refractivity contribution in [3.63, 3.8) is 0 Å². The first-order valence-electron chi connectivity index (χ1n) is 5.07. The van der Waals surface area contributed by atoms with Gasteiger partial charge >= 0.3 is 0 Å². The molecule has 2 nitrogen and oxygen atoms in total. The first-order valence-corrected chi connectivity index (χ1v) is 5.07. The molecule has 0 aliphatic carbocycles. The number of aliphatic hydroxyl groups excluding tert-OH is 1. The lowest BCUT2D eigenvalue weighted by atomic mass is 9.94. The summed E-state index contributed by atoms with van der Waals surface area (Å²) in [6.07, 6.45) is 0.244. The van der Waals surface area contributed by atoms with Crippen molar-refractivity contribution in [2.24, 2.45) is 5.73 Å². The Labute approximate surface area is 85.8 Å². The number of aliphatic hydroxyl groups is 1. The van der Waals surface area contributed by atoms with Gasteiger partial charge in [0.25, 0.3) is 0 Å². The fourth-order valence-corrected chi connectivity index (χ4v) is 1.55. The van der Waals surface area contributed by atoms with Crippen molar-refractivity contribution in [1.82, 2.24) is 0 Å². The lowest BCUT2D eigenvalue weighted by molar-refractivity contribution is 0.143. The van der Waals surface area contributed by atoms with E-state index in [2.05, 4.69) is 0 Å². The number of aryl methyl sites for hydroxylation is 1. The van der Waals surface area contributed by atoms with Crippen LogP contribution in [0.4, 0.5) is 0 Å². The van der Waals surface area contributed by atoms with Crippen LogP contribution in [0, 0.1) is 13.8 Å². The van der Waals surface area contributed by atoms with E-state index in [1.807, 2.05) is 39.0 Å². The first kappa shape index (κ1) is 11.2. The molecule has 0 radical (unpaired) electrons. The molecule has 0 aliphatic heterocycles. The summed E-state index contributed by atoms with van der Waals surface area (Å²) >= 11 is 0. The first-order chi connectivity index (χ1) is 6.57. The molecule has 0 heterocycles. The van der Waals surface area contributed by atoms with E-state index < -0.39 is 6.10 Å². The van der Waals surface area contributed by atoms with Crippen molar-refractivity contribution in [3.05, 3.63) is 34.9 Å². The minimum absolute atomic E-state index is 0.171. The van der Waals surface area contributed by atoms with Gasteiger partial charge in [-0.2, -0.15) is 0 Å². The quantitative estimate of drug-likeness (QED) is 0.772. The summed E-state index contributed by atoms with van der Waals surface area (Å²) in [5.41, 5.74) is 9.12. The highest BCUT2D eigenvalue weighted by Gasteiger charge is 2.17. The van der Waals surface area contributed by atoms with Crippen LogP contribution in [0.1, 0.15) is 36.1 Å². The number of hydrogen-bond acceptors (Lipinski definition) is 2. The Hall–Kier alpha value is -0.860. The van der Waals surface area contributed by atoms with Crippen LogP contribution in [0.25, 0.3) is 0 Å². The molecule has 0 amide bonds. The Kier molecular flexibility index (Phi) is 3.67. The van der Waals surface area contributed by atoms with E-state index in [0.29, 0.717) is 0 Å². The van der Waals surface area contributed by atoms with Crippen LogP contribution in [0.2, 0.25) is 0 Å². The second-order valence-electron chi connectivity index (χ2n) is 3.81. The van der Waals surface area contributed by atoms with Gasteiger partial charge in [-0.05, 0) is 37.0 Å². The largest absolute Gasteiger partial charge is 0.387 e. The molecular formula is C12H19NO. The zero-order valence-corrected chi connectivity index (χ0v) is 9.12. The minimum Gasteiger partial charge on any atom is -0.387 e. The number of nitrogens with two attached hydrogens (primary N) is 1. The van der Waals surface area contributed by atoms with Crippen molar-refractivity contribution >= 4 is 0 Å². The molecular weight excluding hydrogens is 174 g/mol. The SMILES string of the molecule is CC[C@@H](N)[C@@H](O)c1cccc(C)c1C. The maximum atomic E-state index is 9.97. The van der Waals surface area contributed by atoms with Gasteiger partial charge in [0.2, 0.25) is 0 Å². The van der Waals surface area contributed by atoms with E-state index in [9.17, 15) is 5.11 Å². The second-order valence-corrected chi connectivity index (χ2v) is 3.81. The highest BCUT2D eigenvalue weighted by Crippen LogP contribution is 2.23. The van der Waals surface area contributed by atoms with Crippen LogP contribution < -0.4 is 5.73 Å². The van der Waals surface area contributed by atoms with Crippen molar-refractivity contribution in [2.45, 2.75) is 39.3 Å². The lowest BCUT2D eigenvalue weighted by Gasteiger charge is -2.20. The van der Waals surface area contributed by atoms with Crippen molar-refractivity contribution in [2.75, 3.05) is 0 Å². The van der Waals surface area contributed by atoms with E-state index in [-0.39, 0.29) is 6.04 Å². The molecule has 0 aliphatic rings. The number of rotatable bonds is 3. The Bertz CT molecular complexity index is 309. The third-order valence-electron chi connectivity index (χ3n) is 2.84. The maximum absolute atomic E-state index is 9.97. The summed E-state index contributed by atoms with van der Waals surface area (Å²) in [7, 11) is 0. The third-order valence-corrected chi connectivity index (χ3v) is 2.84. The Balaban J connectivity index is 3.01. The Morgan fingerprint density at radius 1 is 1.36 bits per heavy atom. The molecule has 1 aromatic rings. The maximum Gasteiger partial charge on any atom is 0.0943 e. The lowest BCUT2D eigenvalue weighted by Crippen LogP contribution is -2.27. The van der Waals surface area contributed by atoms with Crippen molar-refractivity contribution < 1.29 is 5.11 Å². The molecule has 0 saturated heterocycles. The molecule has 0 fully saturated rings. The predicted molar refractivity (Wildman–Crippen MR) is 59.1 cm³/mol. The summed E-state index contributed by atoms with van der Waals surface area (Å²) < 4.78 is 0. The number of benzene rings is 1.